The summed E-state index contributed by atoms with van der Waals surface area (Å²) in [7, 11) is -3.94. The molecule has 0 saturated carbocycles. The fourth-order valence-corrected chi connectivity index (χ4v) is 4.25. The van der Waals surface area contributed by atoms with Crippen molar-refractivity contribution in [2.24, 2.45) is 0 Å². The Balaban J connectivity index is 2.06. The first-order valence-electron chi connectivity index (χ1n) is 7.05. The molecule has 3 rings (SSSR count). The molecule has 1 N–H and O–H groups in total. The van der Waals surface area contributed by atoms with Gasteiger partial charge >= 0.3 is 5.97 Å². The molecule has 7 heteroatoms. The third-order valence-electron chi connectivity index (χ3n) is 3.82. The lowest BCUT2D eigenvalue weighted by Gasteiger charge is -2.30. The van der Waals surface area contributed by atoms with Crippen LogP contribution in [0.4, 0.5) is 10.1 Å². The number of carbonyl (C=O) groups is 1. The average Bonchev–Trinajstić information content (AvgIpc) is 2.54. The highest BCUT2D eigenvalue weighted by molar-refractivity contribution is 7.92. The number of halogens is 1. The molecule has 5 nitrogen and oxygen atoms in total. The van der Waals surface area contributed by atoms with Gasteiger partial charge in [0.05, 0.1) is 16.1 Å². The highest BCUT2D eigenvalue weighted by atomic mass is 32.2. The van der Waals surface area contributed by atoms with Crippen LogP contribution in [0.1, 0.15) is 22.3 Å². The highest BCUT2D eigenvalue weighted by Gasteiger charge is 2.31. The maximum absolute atomic E-state index is 14.2. The molecule has 0 unspecified atom stereocenters. The second-order valence-corrected chi connectivity index (χ2v) is 7.12. The van der Waals surface area contributed by atoms with Gasteiger partial charge in [0, 0.05) is 6.54 Å². The average molecular weight is 335 g/mol. The number of rotatable bonds is 3. The first kappa shape index (κ1) is 15.5. The minimum atomic E-state index is -3.94. The number of carboxylic acids is 1. The van der Waals surface area contributed by atoms with E-state index in [4.69, 9.17) is 5.11 Å². The van der Waals surface area contributed by atoms with Gasteiger partial charge in [-0.05, 0) is 48.7 Å². The Labute approximate surface area is 133 Å². The zero-order valence-corrected chi connectivity index (χ0v) is 12.9. The quantitative estimate of drug-likeness (QED) is 0.936. The third kappa shape index (κ3) is 2.68. The molecule has 1 aliphatic heterocycles. The van der Waals surface area contributed by atoms with Crippen molar-refractivity contribution in [2.45, 2.75) is 17.7 Å². The van der Waals surface area contributed by atoms with Crippen LogP contribution >= 0.6 is 0 Å². The van der Waals surface area contributed by atoms with Crippen molar-refractivity contribution < 1.29 is 22.7 Å². The maximum atomic E-state index is 14.2. The number of hydrogen-bond acceptors (Lipinski definition) is 3. The molecule has 0 spiro atoms. The van der Waals surface area contributed by atoms with Crippen LogP contribution in [0.2, 0.25) is 0 Å². The van der Waals surface area contributed by atoms with E-state index < -0.39 is 21.8 Å². The fourth-order valence-electron chi connectivity index (χ4n) is 2.70. The Morgan fingerprint density at radius 1 is 1.13 bits per heavy atom. The normalized spacial score (nSPS) is 14.4. The van der Waals surface area contributed by atoms with Crippen molar-refractivity contribution in [3.05, 3.63) is 59.4 Å². The monoisotopic (exact) mass is 335 g/mol. The summed E-state index contributed by atoms with van der Waals surface area (Å²) in [5, 5.41) is 8.88. The minimum Gasteiger partial charge on any atom is -0.478 e. The van der Waals surface area contributed by atoms with Gasteiger partial charge in [-0.3, -0.25) is 4.31 Å². The van der Waals surface area contributed by atoms with Crippen molar-refractivity contribution in [3.8, 4) is 0 Å². The minimum absolute atomic E-state index is 0.00539. The van der Waals surface area contributed by atoms with Crippen LogP contribution in [0.25, 0.3) is 0 Å². The second-order valence-electron chi connectivity index (χ2n) is 5.26. The van der Waals surface area contributed by atoms with Crippen LogP contribution in [-0.4, -0.2) is 26.0 Å². The Morgan fingerprint density at radius 3 is 2.48 bits per heavy atom. The highest BCUT2D eigenvalue weighted by Crippen LogP contribution is 2.34. The summed E-state index contributed by atoms with van der Waals surface area (Å²) in [5.74, 6) is -1.71. The summed E-state index contributed by atoms with van der Waals surface area (Å²) < 4.78 is 40.8. The van der Waals surface area contributed by atoms with E-state index in [0.717, 1.165) is 4.31 Å². The summed E-state index contributed by atoms with van der Waals surface area (Å²) in [6, 6.07) is 9.42. The first-order valence-corrected chi connectivity index (χ1v) is 8.49. The Kier molecular flexibility index (Phi) is 3.81. The van der Waals surface area contributed by atoms with Gasteiger partial charge in [0.1, 0.15) is 5.82 Å². The van der Waals surface area contributed by atoms with Gasteiger partial charge in [0.25, 0.3) is 10.0 Å². The van der Waals surface area contributed by atoms with E-state index in [1.54, 1.807) is 12.1 Å². The number of para-hydroxylation sites is 1. The van der Waals surface area contributed by atoms with Gasteiger partial charge in [-0.1, -0.05) is 12.1 Å². The van der Waals surface area contributed by atoms with Crippen molar-refractivity contribution in [3.63, 3.8) is 0 Å². The molecule has 23 heavy (non-hydrogen) atoms. The molecular formula is C16H14FNO4S. The Morgan fingerprint density at radius 2 is 1.83 bits per heavy atom. The topological polar surface area (TPSA) is 74.7 Å². The number of nitrogens with zero attached hydrogens (tertiary/aromatic N) is 1. The van der Waals surface area contributed by atoms with Gasteiger partial charge < -0.3 is 5.11 Å². The summed E-state index contributed by atoms with van der Waals surface area (Å²) in [4.78, 5) is 10.8. The summed E-state index contributed by atoms with van der Waals surface area (Å²) >= 11 is 0. The molecule has 0 radical (unpaired) electrons. The molecule has 0 amide bonds. The zero-order chi connectivity index (χ0) is 16.6. The molecule has 0 aromatic heterocycles. The Bertz CT molecular complexity index is 862. The molecule has 2 aromatic carbocycles. The Hall–Kier alpha value is -2.41. The van der Waals surface area contributed by atoms with Crippen molar-refractivity contribution in [1.82, 2.24) is 0 Å². The van der Waals surface area contributed by atoms with E-state index in [9.17, 15) is 17.6 Å². The lowest BCUT2D eigenvalue weighted by Crippen LogP contribution is -2.36. The SMILES string of the molecule is O=C(O)c1ccc(S(=O)(=O)N2CCCc3cccc(F)c32)cc1. The van der Waals surface area contributed by atoms with E-state index in [1.165, 1.54) is 30.3 Å². The van der Waals surface area contributed by atoms with Gasteiger partial charge in [-0.25, -0.2) is 17.6 Å². The number of anilines is 1. The molecule has 0 aliphatic carbocycles. The first-order chi connectivity index (χ1) is 10.9. The molecule has 0 bridgehead atoms. The number of fused-ring (bicyclic) bond motifs is 1. The predicted molar refractivity (Wildman–Crippen MR) is 82.7 cm³/mol. The molecule has 0 fully saturated rings. The number of aromatic carboxylic acids is 1. The summed E-state index contributed by atoms with van der Waals surface area (Å²) in [6.07, 6.45) is 1.22. The third-order valence-corrected chi connectivity index (χ3v) is 5.63. The van der Waals surface area contributed by atoms with E-state index in [2.05, 4.69) is 0 Å². The van der Waals surface area contributed by atoms with Crippen LogP contribution < -0.4 is 4.31 Å². The van der Waals surface area contributed by atoms with E-state index in [1.807, 2.05) is 0 Å². The summed E-state index contributed by atoms with van der Waals surface area (Å²) in [6.45, 7) is 0.191. The number of aryl methyl sites for hydroxylation is 1. The smallest absolute Gasteiger partial charge is 0.335 e. The molecule has 1 aliphatic rings. The van der Waals surface area contributed by atoms with Gasteiger partial charge in [0.2, 0.25) is 0 Å². The maximum Gasteiger partial charge on any atom is 0.335 e. The number of benzene rings is 2. The van der Waals surface area contributed by atoms with Gasteiger partial charge in [-0.2, -0.15) is 0 Å². The molecule has 120 valence electrons. The zero-order valence-electron chi connectivity index (χ0n) is 12.1. The summed E-state index contributed by atoms with van der Waals surface area (Å²) in [5.41, 5.74) is 0.734. The van der Waals surface area contributed by atoms with E-state index >= 15 is 0 Å². The predicted octanol–water partition coefficient (Wildman–Crippen LogP) is 2.67. The van der Waals surface area contributed by atoms with Crippen molar-refractivity contribution >= 4 is 21.7 Å². The molecule has 0 saturated heterocycles. The number of sulfonamides is 1. The molecule has 0 atom stereocenters. The van der Waals surface area contributed by atoms with Crippen LogP contribution in [0.15, 0.2) is 47.4 Å². The van der Waals surface area contributed by atoms with Crippen LogP contribution in [0, 0.1) is 5.82 Å². The lowest BCUT2D eigenvalue weighted by atomic mass is 10.0. The lowest BCUT2D eigenvalue weighted by molar-refractivity contribution is 0.0696. The van der Waals surface area contributed by atoms with Gasteiger partial charge in [-0.15, -0.1) is 0 Å². The fraction of sp³-hybridized carbons (Fsp3) is 0.188. The van der Waals surface area contributed by atoms with Gasteiger partial charge in [0.15, 0.2) is 0 Å². The molecule has 1 heterocycles. The number of hydrogen-bond donors (Lipinski definition) is 1. The van der Waals surface area contributed by atoms with Crippen molar-refractivity contribution in [2.75, 3.05) is 10.8 Å². The van der Waals surface area contributed by atoms with Crippen LogP contribution in [-0.2, 0) is 16.4 Å². The second kappa shape index (κ2) is 5.66. The molecular weight excluding hydrogens is 321 g/mol. The van der Waals surface area contributed by atoms with E-state index in [0.29, 0.717) is 18.4 Å². The molecule has 2 aromatic rings. The van der Waals surface area contributed by atoms with Crippen LogP contribution in [0.5, 0.6) is 0 Å². The standard InChI is InChI=1S/C16H14FNO4S/c17-14-5-1-3-11-4-2-10-18(15(11)14)23(21,22)13-8-6-12(7-9-13)16(19)20/h1,3,5-9H,2,4,10H2,(H,19,20). The van der Waals surface area contributed by atoms with Crippen LogP contribution in [0.3, 0.4) is 0 Å². The van der Waals surface area contributed by atoms with E-state index in [-0.39, 0.29) is 22.7 Å². The largest absolute Gasteiger partial charge is 0.478 e. The van der Waals surface area contributed by atoms with Crippen molar-refractivity contribution in [1.29, 1.82) is 0 Å². The number of carboxylic acid groups (broad SMARTS) is 1.